The Morgan fingerprint density at radius 1 is 1.24 bits per heavy atom. The summed E-state index contributed by atoms with van der Waals surface area (Å²) in [6, 6.07) is 5.64. The van der Waals surface area contributed by atoms with Crippen LogP contribution in [0.2, 0.25) is 0 Å². The largest absolute Gasteiger partial charge is 0.486 e. The summed E-state index contributed by atoms with van der Waals surface area (Å²) < 4.78 is 11.1. The van der Waals surface area contributed by atoms with Crippen molar-refractivity contribution < 1.29 is 24.0 Å². The number of carbonyl (C=O) groups is 2. The first-order valence-corrected chi connectivity index (χ1v) is 8.84. The second kappa shape index (κ2) is 7.74. The summed E-state index contributed by atoms with van der Waals surface area (Å²) in [5.74, 6) is 1.22. The van der Waals surface area contributed by atoms with E-state index in [4.69, 9.17) is 15.2 Å². The van der Waals surface area contributed by atoms with Gasteiger partial charge in [-0.2, -0.15) is 0 Å². The van der Waals surface area contributed by atoms with Gasteiger partial charge in [-0.3, -0.25) is 9.59 Å². The molecule has 0 spiro atoms. The molecule has 1 aromatic rings. The zero-order valence-electron chi connectivity index (χ0n) is 14.5. The monoisotopic (exact) mass is 348 g/mol. The Morgan fingerprint density at radius 2 is 1.92 bits per heavy atom. The van der Waals surface area contributed by atoms with Crippen LogP contribution < -0.4 is 25.4 Å². The Bertz CT molecular complexity index is 641. The van der Waals surface area contributed by atoms with Crippen molar-refractivity contribution in [1.82, 2.24) is 5.32 Å². The lowest BCUT2D eigenvalue weighted by Gasteiger charge is -2.27. The lowest BCUT2D eigenvalue weighted by Crippen LogP contribution is -3.14. The van der Waals surface area contributed by atoms with Crippen LogP contribution in [0.1, 0.15) is 31.4 Å². The van der Waals surface area contributed by atoms with Gasteiger partial charge < -0.3 is 25.4 Å². The van der Waals surface area contributed by atoms with Gasteiger partial charge >= 0.3 is 0 Å². The molecular weight excluding hydrogens is 322 g/mol. The van der Waals surface area contributed by atoms with E-state index in [0.717, 1.165) is 43.0 Å². The van der Waals surface area contributed by atoms with E-state index in [2.05, 4.69) is 5.32 Å². The zero-order chi connectivity index (χ0) is 17.8. The van der Waals surface area contributed by atoms with Crippen LogP contribution >= 0.6 is 0 Å². The Kier molecular flexibility index (Phi) is 5.43. The molecule has 0 bridgehead atoms. The number of likely N-dealkylation sites (tertiary alicyclic amines) is 1. The molecule has 3 rings (SSSR count). The van der Waals surface area contributed by atoms with Gasteiger partial charge in [0.15, 0.2) is 18.0 Å². The smallest absolute Gasteiger partial charge is 0.275 e. The van der Waals surface area contributed by atoms with Crippen LogP contribution in [0.4, 0.5) is 0 Å². The first-order valence-electron chi connectivity index (χ1n) is 8.84. The highest BCUT2D eigenvalue weighted by Crippen LogP contribution is 2.32. The standard InChI is InChI=1S/C18H25N3O4/c1-12(14-2-3-15-16(10-14)25-9-8-24-15)20-17(22)11-21-6-4-13(5-7-21)18(19)23/h2-3,10,12-13H,4-9,11H2,1H3,(H2,19,23)(H,20,22)/p+1/t12-/m1/s1. The number of piperidine rings is 1. The molecule has 2 amide bonds. The second-order valence-electron chi connectivity index (χ2n) is 6.80. The molecule has 4 N–H and O–H groups in total. The van der Waals surface area contributed by atoms with Crippen molar-refractivity contribution in [2.45, 2.75) is 25.8 Å². The molecule has 0 unspecified atom stereocenters. The van der Waals surface area contributed by atoms with Crippen molar-refractivity contribution in [1.29, 1.82) is 0 Å². The SMILES string of the molecule is C[C@@H](NC(=O)C[NH+]1CCC(C(N)=O)CC1)c1ccc2c(c1)OCCO2. The van der Waals surface area contributed by atoms with E-state index in [9.17, 15) is 9.59 Å². The Morgan fingerprint density at radius 3 is 2.60 bits per heavy atom. The maximum absolute atomic E-state index is 12.3. The van der Waals surface area contributed by atoms with Gasteiger partial charge in [-0.25, -0.2) is 0 Å². The van der Waals surface area contributed by atoms with Gasteiger partial charge in [-0.05, 0) is 24.6 Å². The molecule has 25 heavy (non-hydrogen) atoms. The molecule has 136 valence electrons. The molecule has 1 atom stereocenters. The maximum atomic E-state index is 12.3. The summed E-state index contributed by atoms with van der Waals surface area (Å²) in [6.07, 6.45) is 1.52. The Balaban J connectivity index is 1.50. The van der Waals surface area contributed by atoms with Crippen molar-refractivity contribution in [3.8, 4) is 11.5 Å². The number of ether oxygens (including phenoxy) is 2. The van der Waals surface area contributed by atoms with E-state index < -0.39 is 0 Å². The highest BCUT2D eigenvalue weighted by atomic mass is 16.6. The van der Waals surface area contributed by atoms with E-state index in [-0.39, 0.29) is 23.8 Å². The number of amides is 2. The quantitative estimate of drug-likeness (QED) is 0.663. The number of benzene rings is 1. The minimum atomic E-state index is -0.226. The fourth-order valence-corrected chi connectivity index (χ4v) is 3.42. The highest BCUT2D eigenvalue weighted by Gasteiger charge is 2.27. The van der Waals surface area contributed by atoms with Gasteiger partial charge in [0, 0.05) is 18.8 Å². The van der Waals surface area contributed by atoms with Crippen molar-refractivity contribution in [3.05, 3.63) is 23.8 Å². The van der Waals surface area contributed by atoms with E-state index in [1.807, 2.05) is 25.1 Å². The summed E-state index contributed by atoms with van der Waals surface area (Å²) in [4.78, 5) is 24.7. The number of rotatable bonds is 5. The van der Waals surface area contributed by atoms with E-state index >= 15 is 0 Å². The molecule has 7 nitrogen and oxygen atoms in total. The van der Waals surface area contributed by atoms with Gasteiger partial charge in [0.25, 0.3) is 5.91 Å². The summed E-state index contributed by atoms with van der Waals surface area (Å²) in [7, 11) is 0. The first kappa shape index (κ1) is 17.5. The zero-order valence-corrected chi connectivity index (χ0v) is 14.5. The minimum absolute atomic E-state index is 0.00918. The first-order chi connectivity index (χ1) is 12.0. The van der Waals surface area contributed by atoms with Crippen LogP contribution in [0, 0.1) is 5.92 Å². The minimum Gasteiger partial charge on any atom is -0.486 e. The molecule has 2 aliphatic rings. The van der Waals surface area contributed by atoms with Crippen molar-refractivity contribution in [2.75, 3.05) is 32.8 Å². The Hall–Kier alpha value is -2.28. The molecule has 1 fully saturated rings. The summed E-state index contributed by atoms with van der Waals surface area (Å²) in [5.41, 5.74) is 6.33. The third-order valence-corrected chi connectivity index (χ3v) is 4.95. The molecule has 0 radical (unpaired) electrons. The normalized spacial score (nSPS) is 23.6. The number of fused-ring (bicyclic) bond motifs is 1. The van der Waals surface area contributed by atoms with Crippen LogP contribution in [-0.2, 0) is 9.59 Å². The van der Waals surface area contributed by atoms with Gasteiger partial charge in [-0.15, -0.1) is 0 Å². The molecular formula is C18H26N3O4+. The van der Waals surface area contributed by atoms with Gasteiger partial charge in [0.05, 0.1) is 19.1 Å². The topological polar surface area (TPSA) is 95.1 Å². The number of nitrogens with two attached hydrogens (primary N) is 1. The fourth-order valence-electron chi connectivity index (χ4n) is 3.42. The van der Waals surface area contributed by atoms with E-state index in [1.54, 1.807) is 0 Å². The van der Waals surface area contributed by atoms with Gasteiger partial charge in [-0.1, -0.05) is 6.07 Å². The predicted molar refractivity (Wildman–Crippen MR) is 91.5 cm³/mol. The number of carbonyl (C=O) groups excluding carboxylic acids is 2. The number of hydrogen-bond acceptors (Lipinski definition) is 4. The Labute approximate surface area is 147 Å². The van der Waals surface area contributed by atoms with E-state index in [1.165, 1.54) is 4.90 Å². The molecule has 1 aromatic carbocycles. The molecule has 7 heteroatoms. The van der Waals surface area contributed by atoms with Gasteiger partial charge in [0.2, 0.25) is 5.91 Å². The van der Waals surface area contributed by atoms with Crippen molar-refractivity contribution in [2.24, 2.45) is 11.7 Å². The molecule has 0 aromatic heterocycles. The summed E-state index contributed by atoms with van der Waals surface area (Å²) in [5, 5.41) is 3.04. The van der Waals surface area contributed by atoms with Crippen LogP contribution in [0.15, 0.2) is 18.2 Å². The maximum Gasteiger partial charge on any atom is 0.275 e. The van der Waals surface area contributed by atoms with Crippen LogP contribution in [0.25, 0.3) is 0 Å². The average Bonchev–Trinajstić information content (AvgIpc) is 2.61. The van der Waals surface area contributed by atoms with Crippen LogP contribution in [0.5, 0.6) is 11.5 Å². The second-order valence-corrected chi connectivity index (χ2v) is 6.80. The molecule has 0 saturated carbocycles. The molecule has 2 aliphatic heterocycles. The highest BCUT2D eigenvalue weighted by molar-refractivity contribution is 5.77. The summed E-state index contributed by atoms with van der Waals surface area (Å²) >= 11 is 0. The fraction of sp³-hybridized carbons (Fsp3) is 0.556. The van der Waals surface area contributed by atoms with Crippen LogP contribution in [-0.4, -0.2) is 44.7 Å². The average molecular weight is 348 g/mol. The third-order valence-electron chi connectivity index (χ3n) is 4.95. The predicted octanol–water partition coefficient (Wildman–Crippen LogP) is -0.585. The lowest BCUT2D eigenvalue weighted by molar-refractivity contribution is -0.897. The molecule has 1 saturated heterocycles. The van der Waals surface area contributed by atoms with Crippen molar-refractivity contribution >= 4 is 11.8 Å². The molecule has 2 heterocycles. The van der Waals surface area contributed by atoms with Crippen LogP contribution in [0.3, 0.4) is 0 Å². The number of nitrogens with one attached hydrogen (secondary N) is 2. The van der Waals surface area contributed by atoms with E-state index in [0.29, 0.717) is 19.8 Å². The molecule has 0 aliphatic carbocycles. The number of hydrogen-bond donors (Lipinski definition) is 3. The summed E-state index contributed by atoms with van der Waals surface area (Å²) in [6.45, 7) is 5.09. The third kappa shape index (κ3) is 4.42. The van der Waals surface area contributed by atoms with Gasteiger partial charge in [0.1, 0.15) is 13.2 Å². The van der Waals surface area contributed by atoms with Crippen molar-refractivity contribution in [3.63, 3.8) is 0 Å². The number of quaternary nitrogens is 1. The number of primary amides is 1. The lowest BCUT2D eigenvalue weighted by atomic mass is 9.96.